The summed E-state index contributed by atoms with van der Waals surface area (Å²) >= 11 is 0. The second kappa shape index (κ2) is 6.45. The smallest absolute Gasteiger partial charge is 0.276 e. The molecule has 3 rings (SSSR count). The van der Waals surface area contributed by atoms with Gasteiger partial charge in [-0.05, 0) is 43.2 Å². The number of rotatable bonds is 4. The summed E-state index contributed by atoms with van der Waals surface area (Å²) in [5.41, 5.74) is 1.76. The molecule has 27 heavy (non-hydrogen) atoms. The van der Waals surface area contributed by atoms with E-state index in [1.165, 1.54) is 30.3 Å². The Hall–Kier alpha value is -3.31. The van der Waals surface area contributed by atoms with E-state index >= 15 is 0 Å². The maximum absolute atomic E-state index is 12.7. The first-order chi connectivity index (χ1) is 12.6. The van der Waals surface area contributed by atoms with E-state index < -0.39 is 20.9 Å². The lowest BCUT2D eigenvalue weighted by molar-refractivity contribution is -0.384. The number of H-pyrrole nitrogens is 1. The quantitative estimate of drug-likeness (QED) is 0.456. The fourth-order valence-corrected chi connectivity index (χ4v) is 3.21. The number of aromatic nitrogens is 2. The maximum Gasteiger partial charge on any atom is 0.276 e. The predicted octanol–water partition coefficient (Wildman–Crippen LogP) is 1.99. The molecule has 0 fully saturated rings. The topological polar surface area (TPSA) is 161 Å². The molecular weight excluding hydrogens is 374 g/mol. The lowest BCUT2D eigenvalue weighted by Gasteiger charge is -2.12. The molecule has 3 aromatic rings. The van der Waals surface area contributed by atoms with Gasteiger partial charge in [-0.2, -0.15) is 5.10 Å². The molecule has 140 valence electrons. The van der Waals surface area contributed by atoms with Crippen LogP contribution >= 0.6 is 0 Å². The molecule has 0 radical (unpaired) electrons. The van der Waals surface area contributed by atoms with Crippen LogP contribution in [0.5, 0.6) is 0 Å². The second-order valence-corrected chi connectivity index (χ2v) is 7.53. The first-order valence-electron chi connectivity index (χ1n) is 7.66. The van der Waals surface area contributed by atoms with E-state index in [0.717, 1.165) is 0 Å². The molecule has 0 atom stereocenters. The summed E-state index contributed by atoms with van der Waals surface area (Å²) in [6, 6.07) is 6.66. The van der Waals surface area contributed by atoms with Crippen LogP contribution in [-0.4, -0.2) is 29.4 Å². The molecule has 0 aliphatic rings. The summed E-state index contributed by atoms with van der Waals surface area (Å²) in [5.74, 6) is -0.643. The highest BCUT2D eigenvalue weighted by atomic mass is 32.2. The number of nitrogens with two attached hydrogens (primary N) is 1. The Morgan fingerprint density at radius 1 is 1.26 bits per heavy atom. The molecular formula is C16H15N5O5S. The number of aromatic amines is 1. The van der Waals surface area contributed by atoms with Crippen molar-refractivity contribution in [2.75, 3.05) is 5.32 Å². The van der Waals surface area contributed by atoms with Gasteiger partial charge in [0.25, 0.3) is 11.6 Å². The lowest BCUT2D eigenvalue weighted by Crippen LogP contribution is -2.17. The number of carbonyl (C=O) groups is 1. The first-order valence-corrected chi connectivity index (χ1v) is 9.20. The number of aryl methyl sites for hydroxylation is 1. The third kappa shape index (κ3) is 3.50. The number of fused-ring (bicyclic) bond motifs is 1. The largest absolute Gasteiger partial charge is 0.320 e. The molecule has 1 aromatic heterocycles. The number of nitrogens with one attached hydrogen (secondary N) is 2. The van der Waals surface area contributed by atoms with Gasteiger partial charge in [0.15, 0.2) is 5.69 Å². The SMILES string of the molecule is Cc1cc(S(N)(=O)=O)cc(NC(=O)c2n[nH]c3ccc([N+](=O)[O-])cc23)c1C. The summed E-state index contributed by atoms with van der Waals surface area (Å²) in [6.45, 7) is 3.40. The standard InChI is InChI=1S/C16H15N5O5S/c1-8-5-11(27(17,25)26)7-14(9(8)2)18-16(22)15-12-6-10(21(23)24)3-4-13(12)19-20-15/h3-7H,1-2H3,(H,18,22)(H,19,20)(H2,17,25,26). The fourth-order valence-electron chi connectivity index (χ4n) is 2.59. The number of benzene rings is 2. The van der Waals surface area contributed by atoms with Gasteiger partial charge in [0.1, 0.15) is 0 Å². The minimum atomic E-state index is -3.95. The molecule has 0 aliphatic heterocycles. The van der Waals surface area contributed by atoms with Crippen molar-refractivity contribution < 1.29 is 18.1 Å². The van der Waals surface area contributed by atoms with Gasteiger partial charge in [0.05, 0.1) is 15.3 Å². The highest BCUT2D eigenvalue weighted by Crippen LogP contribution is 2.26. The number of anilines is 1. The van der Waals surface area contributed by atoms with Crippen molar-refractivity contribution in [1.29, 1.82) is 0 Å². The average Bonchev–Trinajstić information content (AvgIpc) is 3.00. The van der Waals surface area contributed by atoms with Gasteiger partial charge in [-0.25, -0.2) is 13.6 Å². The minimum Gasteiger partial charge on any atom is -0.320 e. The van der Waals surface area contributed by atoms with Crippen molar-refractivity contribution in [2.24, 2.45) is 5.14 Å². The van der Waals surface area contributed by atoms with Gasteiger partial charge >= 0.3 is 0 Å². The van der Waals surface area contributed by atoms with E-state index in [2.05, 4.69) is 15.5 Å². The van der Waals surface area contributed by atoms with E-state index in [-0.39, 0.29) is 27.4 Å². The van der Waals surface area contributed by atoms with Crippen LogP contribution in [0.3, 0.4) is 0 Å². The number of carbonyl (C=O) groups excluding carboxylic acids is 1. The number of primary sulfonamides is 1. The molecule has 1 amide bonds. The molecule has 0 saturated carbocycles. The fraction of sp³-hybridized carbons (Fsp3) is 0.125. The normalized spacial score (nSPS) is 11.5. The van der Waals surface area contributed by atoms with Gasteiger partial charge in [-0.15, -0.1) is 0 Å². The number of hydrogen-bond donors (Lipinski definition) is 3. The molecule has 4 N–H and O–H groups in total. The van der Waals surface area contributed by atoms with Crippen LogP contribution in [0.2, 0.25) is 0 Å². The van der Waals surface area contributed by atoms with E-state index in [1.807, 2.05) is 0 Å². The molecule has 10 nitrogen and oxygen atoms in total. The number of nitrogens with zero attached hydrogens (tertiary/aromatic N) is 2. The first kappa shape index (κ1) is 18.5. The van der Waals surface area contributed by atoms with Gasteiger partial charge in [0, 0.05) is 23.2 Å². The Morgan fingerprint density at radius 2 is 1.96 bits per heavy atom. The van der Waals surface area contributed by atoms with Crippen LogP contribution < -0.4 is 10.5 Å². The van der Waals surface area contributed by atoms with Crippen LogP contribution in [0, 0.1) is 24.0 Å². The zero-order valence-electron chi connectivity index (χ0n) is 14.3. The average molecular weight is 389 g/mol. The maximum atomic E-state index is 12.7. The summed E-state index contributed by atoms with van der Waals surface area (Å²) in [5, 5.41) is 25.5. The molecule has 0 spiro atoms. The van der Waals surface area contributed by atoms with Crippen LogP contribution in [-0.2, 0) is 10.0 Å². The zero-order valence-corrected chi connectivity index (χ0v) is 15.1. The predicted molar refractivity (Wildman–Crippen MR) is 98.0 cm³/mol. The number of nitro groups is 1. The Balaban J connectivity index is 2.04. The van der Waals surface area contributed by atoms with E-state index in [9.17, 15) is 23.3 Å². The van der Waals surface area contributed by atoms with Crippen molar-refractivity contribution in [3.63, 3.8) is 0 Å². The molecule has 0 bridgehead atoms. The van der Waals surface area contributed by atoms with E-state index in [4.69, 9.17) is 5.14 Å². The molecule has 0 unspecified atom stereocenters. The number of non-ortho nitro benzene ring substituents is 1. The third-order valence-electron chi connectivity index (χ3n) is 4.19. The molecule has 11 heteroatoms. The molecule has 2 aromatic carbocycles. The van der Waals surface area contributed by atoms with Crippen LogP contribution in [0.15, 0.2) is 35.2 Å². The number of nitro benzene ring substituents is 1. The minimum absolute atomic E-state index is 0.0493. The Bertz CT molecular complexity index is 1200. The number of hydrogen-bond acceptors (Lipinski definition) is 6. The summed E-state index contributed by atoms with van der Waals surface area (Å²) in [6.07, 6.45) is 0. The van der Waals surface area contributed by atoms with E-state index in [1.54, 1.807) is 13.8 Å². The van der Waals surface area contributed by atoms with E-state index in [0.29, 0.717) is 16.6 Å². The highest BCUT2D eigenvalue weighted by Gasteiger charge is 2.19. The van der Waals surface area contributed by atoms with Gasteiger partial charge < -0.3 is 5.32 Å². The van der Waals surface area contributed by atoms with Crippen LogP contribution in [0.25, 0.3) is 10.9 Å². The van der Waals surface area contributed by atoms with Crippen molar-refractivity contribution in [3.8, 4) is 0 Å². The number of sulfonamides is 1. The van der Waals surface area contributed by atoms with Crippen molar-refractivity contribution >= 4 is 38.2 Å². The summed E-state index contributed by atoms with van der Waals surface area (Å²) in [4.78, 5) is 22.9. The Labute approximate surface area is 153 Å². The second-order valence-electron chi connectivity index (χ2n) is 5.97. The highest BCUT2D eigenvalue weighted by molar-refractivity contribution is 7.89. The zero-order chi connectivity index (χ0) is 19.9. The van der Waals surface area contributed by atoms with Crippen molar-refractivity contribution in [1.82, 2.24) is 10.2 Å². The molecule has 0 aliphatic carbocycles. The monoisotopic (exact) mass is 389 g/mol. The van der Waals surface area contributed by atoms with Gasteiger partial charge in [-0.1, -0.05) is 0 Å². The van der Waals surface area contributed by atoms with Crippen LogP contribution in [0.1, 0.15) is 21.6 Å². The Morgan fingerprint density at radius 3 is 2.59 bits per heavy atom. The van der Waals surface area contributed by atoms with Gasteiger partial charge in [-0.3, -0.25) is 20.0 Å². The summed E-state index contributed by atoms with van der Waals surface area (Å²) in [7, 11) is -3.95. The van der Waals surface area contributed by atoms with Crippen molar-refractivity contribution in [3.05, 3.63) is 57.3 Å². The van der Waals surface area contributed by atoms with Gasteiger partial charge in [0.2, 0.25) is 10.0 Å². The third-order valence-corrected chi connectivity index (χ3v) is 5.08. The lowest BCUT2D eigenvalue weighted by atomic mass is 10.1. The van der Waals surface area contributed by atoms with Crippen molar-refractivity contribution in [2.45, 2.75) is 18.7 Å². The summed E-state index contributed by atoms with van der Waals surface area (Å²) < 4.78 is 23.2. The number of amides is 1. The van der Waals surface area contributed by atoms with Crippen LogP contribution in [0.4, 0.5) is 11.4 Å². The Kier molecular flexibility index (Phi) is 4.41. The molecule has 1 heterocycles. The molecule has 0 saturated heterocycles.